The minimum Gasteiger partial charge on any atom is -0.338 e. The molecule has 1 heterocycles. The minimum atomic E-state index is 0.945. The van der Waals surface area contributed by atoms with E-state index in [0.29, 0.717) is 0 Å². The molecular weight excluding hydrogens is 210 g/mol. The number of imidazole rings is 1. The molecule has 0 radical (unpaired) electrons. The lowest BCUT2D eigenvalue weighted by atomic mass is 9.89. The van der Waals surface area contributed by atoms with Crippen LogP contribution in [0.15, 0.2) is 12.5 Å². The second-order valence-electron chi connectivity index (χ2n) is 5.51. The maximum atomic E-state index is 4.16. The normalized spacial score (nSPS) is 17.8. The summed E-state index contributed by atoms with van der Waals surface area (Å²) < 4.78 is 2.12. The highest BCUT2D eigenvalue weighted by Gasteiger charge is 2.15. The Hall–Kier alpha value is -0.830. The number of hydrogen-bond donors (Lipinski definition) is 0. The van der Waals surface area contributed by atoms with Crippen LogP contribution in [0, 0.1) is 5.92 Å². The van der Waals surface area contributed by atoms with Crippen molar-refractivity contribution in [1.82, 2.24) is 14.5 Å². The van der Waals surface area contributed by atoms with Crippen LogP contribution >= 0.6 is 0 Å². The third-order valence-corrected chi connectivity index (χ3v) is 3.96. The average Bonchev–Trinajstić information content (AvgIpc) is 2.74. The monoisotopic (exact) mass is 235 g/mol. The van der Waals surface area contributed by atoms with Gasteiger partial charge in [-0.3, -0.25) is 0 Å². The summed E-state index contributed by atoms with van der Waals surface area (Å²) in [4.78, 5) is 6.65. The summed E-state index contributed by atoms with van der Waals surface area (Å²) in [6, 6.07) is 0. The van der Waals surface area contributed by atoms with Gasteiger partial charge in [-0.2, -0.15) is 0 Å². The Labute approximate surface area is 105 Å². The van der Waals surface area contributed by atoms with E-state index in [4.69, 9.17) is 0 Å². The summed E-state index contributed by atoms with van der Waals surface area (Å²) in [6.07, 6.45) is 12.2. The van der Waals surface area contributed by atoms with E-state index in [1.807, 2.05) is 12.5 Å². The Balaban J connectivity index is 1.70. The molecule has 1 fully saturated rings. The summed E-state index contributed by atoms with van der Waals surface area (Å²) in [5.41, 5.74) is 1.33. The Morgan fingerprint density at radius 2 is 2.12 bits per heavy atom. The SMILES string of the molecule is CN(CCc1cncn1C)CC1CCCCC1. The zero-order valence-corrected chi connectivity index (χ0v) is 11.2. The van der Waals surface area contributed by atoms with Crippen molar-refractivity contribution in [3.8, 4) is 0 Å². The van der Waals surface area contributed by atoms with Crippen LogP contribution in [0.2, 0.25) is 0 Å². The summed E-state index contributed by atoms with van der Waals surface area (Å²) in [6.45, 7) is 2.42. The lowest BCUT2D eigenvalue weighted by Crippen LogP contribution is -2.29. The molecule has 1 saturated carbocycles. The van der Waals surface area contributed by atoms with Crippen molar-refractivity contribution in [2.75, 3.05) is 20.1 Å². The van der Waals surface area contributed by atoms with Gasteiger partial charge < -0.3 is 9.47 Å². The lowest BCUT2D eigenvalue weighted by Gasteiger charge is -2.26. The molecule has 0 aliphatic heterocycles. The van der Waals surface area contributed by atoms with Gasteiger partial charge in [-0.25, -0.2) is 4.98 Å². The molecule has 1 aromatic rings. The highest BCUT2D eigenvalue weighted by molar-refractivity contribution is 4.97. The highest BCUT2D eigenvalue weighted by atomic mass is 15.1. The Bertz CT molecular complexity index is 326. The predicted octanol–water partition coefficient (Wildman–Crippen LogP) is 2.47. The number of nitrogens with zero attached hydrogens (tertiary/aromatic N) is 3. The van der Waals surface area contributed by atoms with Gasteiger partial charge in [0.05, 0.1) is 6.33 Å². The van der Waals surface area contributed by atoms with Crippen molar-refractivity contribution in [2.45, 2.75) is 38.5 Å². The molecular formula is C14H25N3. The van der Waals surface area contributed by atoms with E-state index < -0.39 is 0 Å². The van der Waals surface area contributed by atoms with Gasteiger partial charge in [-0.1, -0.05) is 19.3 Å². The van der Waals surface area contributed by atoms with E-state index in [-0.39, 0.29) is 0 Å². The van der Waals surface area contributed by atoms with Gasteiger partial charge in [0.25, 0.3) is 0 Å². The summed E-state index contributed by atoms with van der Waals surface area (Å²) in [5, 5.41) is 0. The maximum absolute atomic E-state index is 4.16. The first kappa shape index (κ1) is 12.6. The van der Waals surface area contributed by atoms with Gasteiger partial charge in [0.1, 0.15) is 0 Å². The van der Waals surface area contributed by atoms with Crippen molar-refractivity contribution in [3.63, 3.8) is 0 Å². The van der Waals surface area contributed by atoms with Crippen molar-refractivity contribution < 1.29 is 0 Å². The average molecular weight is 235 g/mol. The Morgan fingerprint density at radius 1 is 1.35 bits per heavy atom. The van der Waals surface area contributed by atoms with Crippen LogP contribution in [-0.2, 0) is 13.5 Å². The van der Waals surface area contributed by atoms with Gasteiger partial charge in [-0.05, 0) is 25.8 Å². The fraction of sp³-hybridized carbons (Fsp3) is 0.786. The topological polar surface area (TPSA) is 21.1 Å². The predicted molar refractivity (Wildman–Crippen MR) is 71.0 cm³/mol. The van der Waals surface area contributed by atoms with Crippen LogP contribution in [0.3, 0.4) is 0 Å². The molecule has 1 aliphatic rings. The highest BCUT2D eigenvalue weighted by Crippen LogP contribution is 2.24. The number of rotatable bonds is 5. The quantitative estimate of drug-likeness (QED) is 0.782. The van der Waals surface area contributed by atoms with Gasteiger partial charge >= 0.3 is 0 Å². The molecule has 0 saturated heterocycles. The minimum absolute atomic E-state index is 0.945. The molecule has 3 nitrogen and oxygen atoms in total. The van der Waals surface area contributed by atoms with Crippen LogP contribution in [-0.4, -0.2) is 34.6 Å². The number of aromatic nitrogens is 2. The maximum Gasteiger partial charge on any atom is 0.0945 e. The van der Waals surface area contributed by atoms with Crippen molar-refractivity contribution in [2.24, 2.45) is 13.0 Å². The summed E-state index contributed by atoms with van der Waals surface area (Å²) >= 11 is 0. The first-order valence-corrected chi connectivity index (χ1v) is 6.89. The van der Waals surface area contributed by atoms with Gasteiger partial charge in [0, 0.05) is 38.4 Å². The van der Waals surface area contributed by atoms with E-state index >= 15 is 0 Å². The molecule has 0 unspecified atom stereocenters. The molecule has 2 rings (SSSR count). The van der Waals surface area contributed by atoms with E-state index in [1.54, 1.807) is 0 Å². The van der Waals surface area contributed by atoms with Gasteiger partial charge in [0.15, 0.2) is 0 Å². The van der Waals surface area contributed by atoms with Crippen LogP contribution in [0.25, 0.3) is 0 Å². The molecule has 0 aromatic carbocycles. The summed E-state index contributed by atoms with van der Waals surface area (Å²) in [5.74, 6) is 0.945. The number of aryl methyl sites for hydroxylation is 1. The molecule has 1 aromatic heterocycles. The van der Waals surface area contributed by atoms with Crippen LogP contribution < -0.4 is 0 Å². The first-order valence-electron chi connectivity index (χ1n) is 6.89. The molecule has 3 heteroatoms. The standard InChI is InChI=1S/C14H25N3/c1-16(11-13-6-4-3-5-7-13)9-8-14-10-15-12-17(14)2/h10,12-13H,3-9,11H2,1-2H3. The van der Waals surface area contributed by atoms with Crippen molar-refractivity contribution in [3.05, 3.63) is 18.2 Å². The largest absolute Gasteiger partial charge is 0.338 e. The third kappa shape index (κ3) is 3.84. The molecule has 0 atom stereocenters. The van der Waals surface area contributed by atoms with E-state index in [1.165, 1.54) is 44.3 Å². The van der Waals surface area contributed by atoms with Crippen LogP contribution in [0.4, 0.5) is 0 Å². The van der Waals surface area contributed by atoms with Crippen LogP contribution in [0.5, 0.6) is 0 Å². The Morgan fingerprint density at radius 3 is 2.76 bits per heavy atom. The first-order chi connectivity index (χ1) is 8.25. The van der Waals surface area contributed by atoms with Gasteiger partial charge in [0.2, 0.25) is 0 Å². The Kier molecular flexibility index (Phi) is 4.60. The van der Waals surface area contributed by atoms with Crippen molar-refractivity contribution >= 4 is 0 Å². The van der Waals surface area contributed by atoms with E-state index in [0.717, 1.165) is 18.9 Å². The fourth-order valence-corrected chi connectivity index (χ4v) is 2.83. The zero-order chi connectivity index (χ0) is 12.1. The zero-order valence-electron chi connectivity index (χ0n) is 11.2. The third-order valence-electron chi connectivity index (χ3n) is 3.96. The number of hydrogen-bond acceptors (Lipinski definition) is 2. The lowest BCUT2D eigenvalue weighted by molar-refractivity contribution is 0.234. The molecule has 0 bridgehead atoms. The second-order valence-corrected chi connectivity index (χ2v) is 5.51. The molecule has 17 heavy (non-hydrogen) atoms. The molecule has 1 aliphatic carbocycles. The van der Waals surface area contributed by atoms with E-state index in [9.17, 15) is 0 Å². The molecule has 0 spiro atoms. The smallest absolute Gasteiger partial charge is 0.0945 e. The van der Waals surface area contributed by atoms with Gasteiger partial charge in [-0.15, -0.1) is 0 Å². The molecule has 0 amide bonds. The molecule has 96 valence electrons. The summed E-state index contributed by atoms with van der Waals surface area (Å²) in [7, 11) is 4.33. The fourth-order valence-electron chi connectivity index (χ4n) is 2.83. The van der Waals surface area contributed by atoms with E-state index in [2.05, 4.69) is 28.5 Å². The second kappa shape index (κ2) is 6.20. The number of likely N-dealkylation sites (N-methyl/N-ethyl adjacent to an activating group) is 1. The van der Waals surface area contributed by atoms with Crippen molar-refractivity contribution in [1.29, 1.82) is 0 Å². The van der Waals surface area contributed by atoms with Crippen LogP contribution in [0.1, 0.15) is 37.8 Å². The molecule has 0 N–H and O–H groups in total.